The summed E-state index contributed by atoms with van der Waals surface area (Å²) >= 11 is 11.9. The highest BCUT2D eigenvalue weighted by Crippen LogP contribution is 2.41. The van der Waals surface area contributed by atoms with Crippen LogP contribution in [0.3, 0.4) is 0 Å². The molecule has 7 heteroatoms. The number of hydrogen-bond acceptors (Lipinski definition) is 3. The van der Waals surface area contributed by atoms with Gasteiger partial charge in [0.05, 0.1) is 10.6 Å². The molecule has 0 aliphatic carbocycles. The van der Waals surface area contributed by atoms with Gasteiger partial charge in [-0.25, -0.2) is 0 Å². The van der Waals surface area contributed by atoms with Gasteiger partial charge in [0, 0.05) is 38.1 Å². The highest BCUT2D eigenvalue weighted by Gasteiger charge is 2.42. The van der Waals surface area contributed by atoms with Crippen molar-refractivity contribution in [3.05, 3.63) is 27.7 Å². The quantitative estimate of drug-likeness (QED) is 0.825. The van der Waals surface area contributed by atoms with Crippen molar-refractivity contribution >= 4 is 35.0 Å². The fourth-order valence-corrected chi connectivity index (χ4v) is 4.21. The fourth-order valence-electron chi connectivity index (χ4n) is 3.71. The molecular weight excluding hydrogens is 351 g/mol. The van der Waals surface area contributed by atoms with Crippen LogP contribution in [0.15, 0.2) is 12.1 Å². The van der Waals surface area contributed by atoms with E-state index in [4.69, 9.17) is 23.2 Å². The number of carbonyl (C=O) groups is 2. The molecule has 2 amide bonds. The summed E-state index contributed by atoms with van der Waals surface area (Å²) in [5.74, 6) is -0.365. The average Bonchev–Trinajstić information content (AvgIpc) is 2.94. The van der Waals surface area contributed by atoms with E-state index in [1.165, 1.54) is 12.1 Å². The van der Waals surface area contributed by atoms with Crippen molar-refractivity contribution in [3.8, 4) is 5.75 Å². The van der Waals surface area contributed by atoms with Gasteiger partial charge in [-0.1, -0.05) is 23.2 Å². The summed E-state index contributed by atoms with van der Waals surface area (Å²) in [5.41, 5.74) is 0.213. The van der Waals surface area contributed by atoms with E-state index in [0.717, 1.165) is 32.4 Å². The number of hydrogen-bond donors (Lipinski definition) is 1. The van der Waals surface area contributed by atoms with Gasteiger partial charge in [-0.15, -0.1) is 0 Å². The van der Waals surface area contributed by atoms with Gasteiger partial charge < -0.3 is 14.9 Å². The van der Waals surface area contributed by atoms with Gasteiger partial charge in [0.1, 0.15) is 5.75 Å². The monoisotopic (exact) mass is 370 g/mol. The fraction of sp³-hybridized carbons (Fsp3) is 0.529. The molecule has 0 bridgehead atoms. The standard InChI is InChI=1S/C17H20Cl2N2O3/c1-11(22)20-5-2-17(3-6-20)4-7-21(10-17)16(24)13-8-12(18)9-14(19)15(13)23/h8-9,23H,2-7,10H2,1H3. The first kappa shape index (κ1) is 17.4. The maximum atomic E-state index is 12.8. The molecule has 5 nitrogen and oxygen atoms in total. The third kappa shape index (κ3) is 3.20. The second-order valence-electron chi connectivity index (χ2n) is 6.77. The lowest BCUT2D eigenvalue weighted by molar-refractivity contribution is -0.131. The number of halogens is 2. The lowest BCUT2D eigenvalue weighted by Gasteiger charge is -2.38. The summed E-state index contributed by atoms with van der Waals surface area (Å²) in [6, 6.07) is 2.87. The Morgan fingerprint density at radius 1 is 1.08 bits per heavy atom. The molecule has 3 rings (SSSR count). The minimum Gasteiger partial charge on any atom is -0.506 e. The van der Waals surface area contributed by atoms with E-state index in [-0.39, 0.29) is 33.6 Å². The molecule has 0 atom stereocenters. The molecule has 0 saturated carbocycles. The average molecular weight is 371 g/mol. The first-order valence-electron chi connectivity index (χ1n) is 8.04. The lowest BCUT2D eigenvalue weighted by Crippen LogP contribution is -2.44. The third-order valence-electron chi connectivity index (χ3n) is 5.25. The molecule has 1 N–H and O–H groups in total. The topological polar surface area (TPSA) is 60.9 Å². The Morgan fingerprint density at radius 2 is 1.67 bits per heavy atom. The molecule has 0 aromatic heterocycles. The predicted octanol–water partition coefficient (Wildman–Crippen LogP) is 3.17. The highest BCUT2D eigenvalue weighted by molar-refractivity contribution is 6.36. The maximum Gasteiger partial charge on any atom is 0.257 e. The molecule has 2 aliphatic rings. The third-order valence-corrected chi connectivity index (χ3v) is 5.76. The van der Waals surface area contributed by atoms with E-state index in [1.807, 2.05) is 4.90 Å². The van der Waals surface area contributed by atoms with E-state index in [9.17, 15) is 14.7 Å². The molecule has 2 fully saturated rings. The van der Waals surface area contributed by atoms with E-state index in [0.29, 0.717) is 18.1 Å². The number of carbonyl (C=O) groups excluding carboxylic acids is 2. The van der Waals surface area contributed by atoms with Crippen LogP contribution in [0, 0.1) is 5.41 Å². The maximum absolute atomic E-state index is 12.8. The second kappa shape index (κ2) is 6.45. The minimum atomic E-state index is -0.247. The number of likely N-dealkylation sites (tertiary alicyclic amines) is 2. The largest absolute Gasteiger partial charge is 0.506 e. The van der Waals surface area contributed by atoms with Gasteiger partial charge in [0.25, 0.3) is 5.91 Å². The first-order valence-corrected chi connectivity index (χ1v) is 8.80. The normalized spacial score (nSPS) is 19.8. The second-order valence-corrected chi connectivity index (χ2v) is 7.61. The van der Waals surface area contributed by atoms with Crippen LogP contribution in [0.25, 0.3) is 0 Å². The van der Waals surface area contributed by atoms with E-state index >= 15 is 0 Å². The number of nitrogens with zero attached hydrogens (tertiary/aromatic N) is 2. The van der Waals surface area contributed by atoms with Crippen molar-refractivity contribution in [1.29, 1.82) is 0 Å². The molecule has 1 spiro atoms. The minimum absolute atomic E-state index is 0.0690. The van der Waals surface area contributed by atoms with Crippen LogP contribution < -0.4 is 0 Å². The molecule has 2 saturated heterocycles. The van der Waals surface area contributed by atoms with Crippen molar-refractivity contribution in [2.45, 2.75) is 26.2 Å². The summed E-state index contributed by atoms with van der Waals surface area (Å²) in [4.78, 5) is 27.8. The summed E-state index contributed by atoms with van der Waals surface area (Å²) in [6.07, 6.45) is 2.72. The number of aromatic hydroxyl groups is 1. The number of piperidine rings is 1. The molecule has 2 aliphatic heterocycles. The van der Waals surface area contributed by atoms with Crippen LogP contribution in [0.5, 0.6) is 5.75 Å². The SMILES string of the molecule is CC(=O)N1CCC2(CC1)CCN(C(=O)c1cc(Cl)cc(Cl)c1O)C2. The van der Waals surface area contributed by atoms with Gasteiger partial charge in [0.15, 0.2) is 0 Å². The molecule has 1 aromatic rings. The van der Waals surface area contributed by atoms with Crippen molar-refractivity contribution < 1.29 is 14.7 Å². The first-order chi connectivity index (χ1) is 11.3. The summed E-state index contributed by atoms with van der Waals surface area (Å²) in [6.45, 7) is 4.36. The van der Waals surface area contributed by atoms with Gasteiger partial charge >= 0.3 is 0 Å². The van der Waals surface area contributed by atoms with Gasteiger partial charge in [-0.2, -0.15) is 0 Å². The lowest BCUT2D eigenvalue weighted by atomic mass is 9.78. The molecule has 2 heterocycles. The Bertz CT molecular complexity index is 685. The van der Waals surface area contributed by atoms with Crippen LogP contribution in [0.4, 0.5) is 0 Å². The zero-order valence-corrected chi connectivity index (χ0v) is 15.0. The van der Waals surface area contributed by atoms with Crippen LogP contribution >= 0.6 is 23.2 Å². The summed E-state index contributed by atoms with van der Waals surface area (Å²) in [5, 5.41) is 10.5. The Hall–Kier alpha value is -1.46. The van der Waals surface area contributed by atoms with Crippen LogP contribution in [0.1, 0.15) is 36.5 Å². The number of benzene rings is 1. The van der Waals surface area contributed by atoms with Crippen molar-refractivity contribution in [2.75, 3.05) is 26.2 Å². The molecule has 130 valence electrons. The summed E-state index contributed by atoms with van der Waals surface area (Å²) in [7, 11) is 0. The van der Waals surface area contributed by atoms with Gasteiger partial charge in [-0.05, 0) is 36.8 Å². The zero-order chi connectivity index (χ0) is 17.5. The smallest absolute Gasteiger partial charge is 0.257 e. The van der Waals surface area contributed by atoms with Crippen molar-refractivity contribution in [1.82, 2.24) is 9.80 Å². The van der Waals surface area contributed by atoms with Crippen LogP contribution in [-0.4, -0.2) is 52.9 Å². The molecule has 0 unspecified atom stereocenters. The Balaban J connectivity index is 1.72. The van der Waals surface area contributed by atoms with Crippen LogP contribution in [-0.2, 0) is 4.79 Å². The zero-order valence-electron chi connectivity index (χ0n) is 13.5. The Morgan fingerprint density at radius 3 is 2.25 bits per heavy atom. The van der Waals surface area contributed by atoms with Crippen molar-refractivity contribution in [2.24, 2.45) is 5.41 Å². The molecule has 24 heavy (non-hydrogen) atoms. The van der Waals surface area contributed by atoms with E-state index in [1.54, 1.807) is 11.8 Å². The molecule has 1 aromatic carbocycles. The number of amides is 2. The Labute approximate surface area is 151 Å². The van der Waals surface area contributed by atoms with E-state index in [2.05, 4.69) is 0 Å². The summed E-state index contributed by atoms with van der Waals surface area (Å²) < 4.78 is 0. The Kier molecular flexibility index (Phi) is 4.67. The van der Waals surface area contributed by atoms with Crippen molar-refractivity contribution in [3.63, 3.8) is 0 Å². The van der Waals surface area contributed by atoms with Gasteiger partial charge in [0.2, 0.25) is 5.91 Å². The van der Waals surface area contributed by atoms with Gasteiger partial charge in [-0.3, -0.25) is 9.59 Å². The number of phenolic OH excluding ortho intramolecular Hbond substituents is 1. The van der Waals surface area contributed by atoms with Crippen LogP contribution in [0.2, 0.25) is 10.0 Å². The van der Waals surface area contributed by atoms with E-state index < -0.39 is 0 Å². The number of rotatable bonds is 1. The predicted molar refractivity (Wildman–Crippen MR) is 92.6 cm³/mol. The highest BCUT2D eigenvalue weighted by atomic mass is 35.5. The molecular formula is C17H20Cl2N2O3. The molecule has 0 radical (unpaired) electrons. The number of phenols is 1.